The molecule has 0 saturated heterocycles. The largest absolute Gasteiger partial charge is 0.496 e. The molecule has 6 heteroatoms. The quantitative estimate of drug-likeness (QED) is 0.810. The fraction of sp³-hybridized carbons (Fsp3) is 0.438. The van der Waals surface area contributed by atoms with Crippen LogP contribution in [0.15, 0.2) is 18.2 Å². The minimum absolute atomic E-state index is 0.0441. The van der Waals surface area contributed by atoms with Crippen LogP contribution in [0.25, 0.3) is 0 Å². The summed E-state index contributed by atoms with van der Waals surface area (Å²) in [5.41, 5.74) is -0.292. The zero-order chi connectivity index (χ0) is 17.1. The maximum atomic E-state index is 12.3. The first-order valence-electron chi connectivity index (χ1n) is 6.79. The number of Topliss-reactive ketones (excluding diaryl/α,β-unsaturated/α-hetero) is 1. The highest BCUT2D eigenvalue weighted by atomic mass is 16.5. The van der Waals surface area contributed by atoms with Crippen LogP contribution in [0.4, 0.5) is 0 Å². The maximum Gasteiger partial charge on any atom is 0.329 e. The van der Waals surface area contributed by atoms with Crippen molar-refractivity contribution >= 4 is 17.7 Å². The number of methoxy groups -OCH3 is 1. The summed E-state index contributed by atoms with van der Waals surface area (Å²) in [5, 5.41) is 9.18. The van der Waals surface area contributed by atoms with Gasteiger partial charge in [-0.05, 0) is 39.0 Å². The molecule has 0 fully saturated rings. The smallest absolute Gasteiger partial charge is 0.329 e. The molecule has 0 spiro atoms. The maximum absolute atomic E-state index is 12.3. The van der Waals surface area contributed by atoms with E-state index in [-0.39, 0.29) is 18.1 Å². The number of likely N-dealkylation sites (N-methyl/N-ethyl adjacent to an activating group) is 1. The van der Waals surface area contributed by atoms with E-state index in [4.69, 9.17) is 4.74 Å². The lowest BCUT2D eigenvalue weighted by Gasteiger charge is -2.31. The molecule has 1 aromatic carbocycles. The van der Waals surface area contributed by atoms with E-state index < -0.39 is 11.5 Å². The topological polar surface area (TPSA) is 83.9 Å². The van der Waals surface area contributed by atoms with Crippen molar-refractivity contribution < 1.29 is 24.2 Å². The van der Waals surface area contributed by atoms with Crippen molar-refractivity contribution in [3.8, 4) is 5.75 Å². The van der Waals surface area contributed by atoms with Gasteiger partial charge in [-0.1, -0.05) is 0 Å². The van der Waals surface area contributed by atoms with Crippen LogP contribution in [0.2, 0.25) is 0 Å². The normalized spacial score (nSPS) is 11.0. The predicted octanol–water partition coefficient (Wildman–Crippen LogP) is 1.76. The lowest BCUT2D eigenvalue weighted by Crippen LogP contribution is -2.51. The second-order valence-corrected chi connectivity index (χ2v) is 5.58. The van der Waals surface area contributed by atoms with Crippen LogP contribution in [0.1, 0.15) is 36.7 Å². The lowest BCUT2D eigenvalue weighted by molar-refractivity contribution is -0.155. The second-order valence-electron chi connectivity index (χ2n) is 5.58. The zero-order valence-electron chi connectivity index (χ0n) is 13.5. The average Bonchev–Trinajstić information content (AvgIpc) is 2.45. The van der Waals surface area contributed by atoms with Gasteiger partial charge >= 0.3 is 5.97 Å². The Balaban J connectivity index is 3.08. The highest BCUT2D eigenvalue weighted by molar-refractivity contribution is 5.95. The zero-order valence-corrected chi connectivity index (χ0v) is 13.5. The predicted molar refractivity (Wildman–Crippen MR) is 81.2 cm³/mol. The minimum atomic E-state index is -1.32. The fourth-order valence-electron chi connectivity index (χ4n) is 1.87. The molecule has 1 amide bonds. The molecule has 0 aromatic heterocycles. The van der Waals surface area contributed by atoms with E-state index in [1.54, 1.807) is 18.2 Å². The number of ketones is 1. The van der Waals surface area contributed by atoms with Gasteiger partial charge in [-0.3, -0.25) is 9.59 Å². The number of ether oxygens (including phenoxy) is 1. The molecule has 0 aliphatic heterocycles. The minimum Gasteiger partial charge on any atom is -0.496 e. The van der Waals surface area contributed by atoms with E-state index in [9.17, 15) is 19.5 Å². The van der Waals surface area contributed by atoms with E-state index in [2.05, 4.69) is 0 Å². The molecule has 1 aromatic rings. The summed E-state index contributed by atoms with van der Waals surface area (Å²) in [6, 6.07) is 4.85. The van der Waals surface area contributed by atoms with E-state index in [0.717, 1.165) is 0 Å². The number of carboxylic acid groups (broad SMARTS) is 1. The lowest BCUT2D eigenvalue weighted by atomic mass is 10.0. The monoisotopic (exact) mass is 307 g/mol. The molecule has 0 bridgehead atoms. The number of benzene rings is 1. The third-order valence-electron chi connectivity index (χ3n) is 3.76. The summed E-state index contributed by atoms with van der Waals surface area (Å²) < 4.78 is 5.20. The van der Waals surface area contributed by atoms with Crippen molar-refractivity contribution in [2.75, 3.05) is 14.2 Å². The van der Waals surface area contributed by atoms with Gasteiger partial charge in [-0.15, -0.1) is 0 Å². The van der Waals surface area contributed by atoms with Gasteiger partial charge < -0.3 is 14.7 Å². The van der Waals surface area contributed by atoms with Crippen LogP contribution in [-0.2, 0) is 16.0 Å². The van der Waals surface area contributed by atoms with Crippen molar-refractivity contribution in [2.45, 2.75) is 32.7 Å². The Morgan fingerprint density at radius 3 is 2.32 bits per heavy atom. The number of hydrogen-bond donors (Lipinski definition) is 1. The number of carboxylic acids is 1. The first-order valence-corrected chi connectivity index (χ1v) is 6.79. The van der Waals surface area contributed by atoms with Gasteiger partial charge in [0.2, 0.25) is 5.91 Å². The standard InChI is InChI=1S/C16H21NO5/c1-10(18)11-6-7-13(22-5)12(8-11)9-14(19)17(4)16(2,3)15(20)21/h6-8H,9H2,1-5H3,(H,20,21). The Morgan fingerprint density at radius 2 is 1.86 bits per heavy atom. The third-order valence-corrected chi connectivity index (χ3v) is 3.76. The molecule has 0 unspecified atom stereocenters. The highest BCUT2D eigenvalue weighted by Gasteiger charge is 2.35. The van der Waals surface area contributed by atoms with Crippen LogP contribution >= 0.6 is 0 Å². The number of hydrogen-bond acceptors (Lipinski definition) is 4. The molecule has 0 aliphatic rings. The fourth-order valence-corrected chi connectivity index (χ4v) is 1.87. The van der Waals surface area contributed by atoms with Crippen LogP contribution in [-0.4, -0.2) is 47.4 Å². The molecule has 0 aliphatic carbocycles. The van der Waals surface area contributed by atoms with E-state index in [0.29, 0.717) is 16.9 Å². The molecule has 0 heterocycles. The SMILES string of the molecule is COc1ccc(C(C)=O)cc1CC(=O)N(C)C(C)(C)C(=O)O. The Hall–Kier alpha value is -2.37. The van der Waals surface area contributed by atoms with Crippen molar-refractivity contribution in [3.05, 3.63) is 29.3 Å². The summed E-state index contributed by atoms with van der Waals surface area (Å²) in [6.45, 7) is 4.35. The van der Waals surface area contributed by atoms with Crippen molar-refractivity contribution in [1.29, 1.82) is 0 Å². The van der Waals surface area contributed by atoms with E-state index in [1.807, 2.05) is 0 Å². The van der Waals surface area contributed by atoms with Gasteiger partial charge in [-0.25, -0.2) is 4.79 Å². The number of carbonyl (C=O) groups is 3. The molecule has 0 saturated carbocycles. The molecule has 1 rings (SSSR count). The first kappa shape index (κ1) is 17.7. The van der Waals surface area contributed by atoms with Gasteiger partial charge in [0.25, 0.3) is 0 Å². The van der Waals surface area contributed by atoms with Crippen molar-refractivity contribution in [2.24, 2.45) is 0 Å². The molecule has 1 N–H and O–H groups in total. The molecular weight excluding hydrogens is 286 g/mol. The Bertz CT molecular complexity index is 607. The molecule has 120 valence electrons. The van der Waals surface area contributed by atoms with E-state index >= 15 is 0 Å². The first-order chi connectivity index (χ1) is 10.1. The van der Waals surface area contributed by atoms with Gasteiger partial charge in [0.05, 0.1) is 13.5 Å². The number of rotatable bonds is 6. The Morgan fingerprint density at radius 1 is 1.27 bits per heavy atom. The molecule has 0 atom stereocenters. The number of nitrogens with zero attached hydrogens (tertiary/aromatic N) is 1. The van der Waals surface area contributed by atoms with Crippen LogP contribution < -0.4 is 4.74 Å². The van der Waals surface area contributed by atoms with E-state index in [1.165, 1.54) is 39.8 Å². The van der Waals surface area contributed by atoms with Gasteiger partial charge in [-0.2, -0.15) is 0 Å². The number of carbonyl (C=O) groups excluding carboxylic acids is 2. The van der Waals surface area contributed by atoms with Gasteiger partial charge in [0.15, 0.2) is 5.78 Å². The van der Waals surface area contributed by atoms with Gasteiger partial charge in [0, 0.05) is 18.2 Å². The Kier molecular flexibility index (Phi) is 5.30. The molecule has 22 heavy (non-hydrogen) atoms. The van der Waals surface area contributed by atoms with Gasteiger partial charge in [0.1, 0.15) is 11.3 Å². The molecule has 0 radical (unpaired) electrons. The van der Waals surface area contributed by atoms with Crippen LogP contribution in [0.3, 0.4) is 0 Å². The highest BCUT2D eigenvalue weighted by Crippen LogP contribution is 2.23. The number of amides is 1. The van der Waals surface area contributed by atoms with Crippen LogP contribution in [0, 0.1) is 0 Å². The summed E-state index contributed by atoms with van der Waals surface area (Å²) in [5.74, 6) is -1.09. The summed E-state index contributed by atoms with van der Waals surface area (Å²) in [7, 11) is 2.92. The van der Waals surface area contributed by atoms with Crippen LogP contribution in [0.5, 0.6) is 5.75 Å². The average molecular weight is 307 g/mol. The summed E-state index contributed by atoms with van der Waals surface area (Å²) in [6.07, 6.45) is -0.0441. The van der Waals surface area contributed by atoms with Crippen molar-refractivity contribution in [1.82, 2.24) is 4.90 Å². The summed E-state index contributed by atoms with van der Waals surface area (Å²) >= 11 is 0. The van der Waals surface area contributed by atoms with Crippen molar-refractivity contribution in [3.63, 3.8) is 0 Å². The second kappa shape index (κ2) is 6.60. The Labute approximate surface area is 129 Å². The molecular formula is C16H21NO5. The summed E-state index contributed by atoms with van der Waals surface area (Å²) in [4.78, 5) is 36.2. The number of aliphatic carboxylic acids is 1. The third kappa shape index (κ3) is 3.63. The molecule has 6 nitrogen and oxygen atoms in total.